The largest absolute Gasteiger partial charge is 0.353 e. The lowest BCUT2D eigenvalue weighted by Crippen LogP contribution is -1.88. The molecule has 0 spiro atoms. The van der Waals surface area contributed by atoms with Crippen molar-refractivity contribution in [3.05, 3.63) is 11.9 Å². The van der Waals surface area contributed by atoms with Crippen LogP contribution in [0.15, 0.2) is 11.9 Å². The zero-order valence-electron chi connectivity index (χ0n) is 32.7. The maximum absolute atomic E-state index is 12.1. The number of hydrogen-bond donors (Lipinski definition) is 0. The molecule has 1 atom stereocenters. The van der Waals surface area contributed by atoms with Gasteiger partial charge in [-0.2, -0.15) is 0 Å². The summed E-state index contributed by atoms with van der Waals surface area (Å²) in [6, 6.07) is 0. The highest BCUT2D eigenvalue weighted by atomic mass is 31.2. The van der Waals surface area contributed by atoms with Crippen molar-refractivity contribution in [2.45, 2.75) is 251 Å². The van der Waals surface area contributed by atoms with Crippen LogP contribution in [0.2, 0.25) is 0 Å². The van der Waals surface area contributed by atoms with Crippen molar-refractivity contribution in [3.63, 3.8) is 0 Å². The van der Waals surface area contributed by atoms with Crippen molar-refractivity contribution in [1.29, 1.82) is 0 Å². The standard InChI is InChI=1S/C43H87O3P/c1-4-6-7-8-9-10-11-12-13-14-15-16-17-18-19-20-21-22-23-24-25-26-27-28-29-30-31-32-33-34-35-36-37-38-39-40-41-42-43-47(44,45-3)46-5-2/h42-43H,4-41H2,1-3H3. The van der Waals surface area contributed by atoms with Crippen LogP contribution in [0.1, 0.15) is 251 Å². The maximum Gasteiger partial charge on any atom is 0.353 e. The van der Waals surface area contributed by atoms with Crippen LogP contribution < -0.4 is 0 Å². The molecule has 0 heterocycles. The van der Waals surface area contributed by atoms with E-state index in [1.54, 1.807) is 5.82 Å². The molecule has 0 amide bonds. The van der Waals surface area contributed by atoms with Crippen molar-refractivity contribution in [2.24, 2.45) is 0 Å². The Morgan fingerprint density at radius 3 is 0.830 bits per heavy atom. The average Bonchev–Trinajstić information content (AvgIpc) is 3.08. The van der Waals surface area contributed by atoms with E-state index in [4.69, 9.17) is 9.05 Å². The summed E-state index contributed by atoms with van der Waals surface area (Å²) in [6.45, 7) is 4.56. The lowest BCUT2D eigenvalue weighted by atomic mass is 10.0. The molecule has 0 aromatic rings. The number of hydrogen-bond acceptors (Lipinski definition) is 3. The minimum atomic E-state index is -2.99. The molecule has 282 valence electrons. The molecule has 0 aromatic heterocycles. The lowest BCUT2D eigenvalue weighted by Gasteiger charge is -2.10. The van der Waals surface area contributed by atoms with E-state index in [2.05, 4.69) is 6.92 Å². The molecule has 4 heteroatoms. The SMILES string of the molecule is CCCCCCCCCCCCCCCCCCCCCCCCCCCCCCCCCCCCCCC=CP(=O)(OC)OCC. The summed E-state index contributed by atoms with van der Waals surface area (Å²) in [4.78, 5) is 0. The Bertz CT molecular complexity index is 649. The molecule has 1 unspecified atom stereocenters. The van der Waals surface area contributed by atoms with Crippen LogP contribution in [0, 0.1) is 0 Å². The topological polar surface area (TPSA) is 35.5 Å². The van der Waals surface area contributed by atoms with E-state index in [9.17, 15) is 4.57 Å². The van der Waals surface area contributed by atoms with Crippen molar-refractivity contribution >= 4 is 7.60 Å². The highest BCUT2D eigenvalue weighted by Crippen LogP contribution is 2.48. The Labute approximate surface area is 297 Å². The molecule has 0 aliphatic rings. The monoisotopic (exact) mass is 683 g/mol. The zero-order chi connectivity index (χ0) is 34.2. The van der Waals surface area contributed by atoms with Gasteiger partial charge in [0.15, 0.2) is 0 Å². The smallest absolute Gasteiger partial charge is 0.309 e. The summed E-state index contributed by atoms with van der Waals surface area (Å²) < 4.78 is 22.3. The molecule has 0 fully saturated rings. The summed E-state index contributed by atoms with van der Waals surface area (Å²) in [5.74, 6) is 1.63. The molecule has 0 saturated carbocycles. The number of allylic oxidation sites excluding steroid dienone is 1. The molecular weight excluding hydrogens is 595 g/mol. The third-order valence-corrected chi connectivity index (χ3v) is 11.8. The minimum absolute atomic E-state index is 0.412. The predicted octanol–water partition coefficient (Wildman–Crippen LogP) is 16.8. The highest BCUT2D eigenvalue weighted by Gasteiger charge is 2.16. The molecule has 0 aromatic carbocycles. The second-order valence-corrected chi connectivity index (χ2v) is 16.7. The first-order valence-electron chi connectivity index (χ1n) is 21.7. The molecule has 0 saturated heterocycles. The van der Waals surface area contributed by atoms with Crippen LogP contribution in [0.3, 0.4) is 0 Å². The van der Waals surface area contributed by atoms with E-state index in [0.29, 0.717) is 6.61 Å². The van der Waals surface area contributed by atoms with Crippen molar-refractivity contribution in [3.8, 4) is 0 Å². The van der Waals surface area contributed by atoms with Crippen molar-refractivity contribution < 1.29 is 13.6 Å². The second-order valence-electron chi connectivity index (χ2n) is 14.7. The summed E-state index contributed by atoms with van der Waals surface area (Å²) >= 11 is 0. The van der Waals surface area contributed by atoms with E-state index in [1.807, 2.05) is 13.0 Å². The van der Waals surface area contributed by atoms with Gasteiger partial charge in [-0.15, -0.1) is 0 Å². The van der Waals surface area contributed by atoms with E-state index in [-0.39, 0.29) is 0 Å². The molecule has 0 aliphatic heterocycles. The molecule has 0 aliphatic carbocycles. The normalized spacial score (nSPS) is 13.2. The molecule has 3 nitrogen and oxygen atoms in total. The van der Waals surface area contributed by atoms with Crippen molar-refractivity contribution in [1.82, 2.24) is 0 Å². The molecule has 0 radical (unpaired) electrons. The summed E-state index contributed by atoms with van der Waals surface area (Å²) in [5.41, 5.74) is 0. The number of rotatable bonds is 41. The van der Waals surface area contributed by atoms with Gasteiger partial charge >= 0.3 is 7.60 Å². The quantitative estimate of drug-likeness (QED) is 0.0475. The third-order valence-electron chi connectivity index (χ3n) is 10.1. The van der Waals surface area contributed by atoms with Crippen LogP contribution in [-0.2, 0) is 13.6 Å². The third kappa shape index (κ3) is 38.5. The second kappa shape index (κ2) is 40.3. The highest BCUT2D eigenvalue weighted by molar-refractivity contribution is 7.57. The Balaban J connectivity index is 3.13. The fraction of sp³-hybridized carbons (Fsp3) is 0.953. The van der Waals surface area contributed by atoms with Crippen LogP contribution in [0.5, 0.6) is 0 Å². The van der Waals surface area contributed by atoms with Gasteiger partial charge < -0.3 is 9.05 Å². The Kier molecular flexibility index (Phi) is 40.2. The molecule has 0 N–H and O–H groups in total. The van der Waals surface area contributed by atoms with Crippen LogP contribution in [0.25, 0.3) is 0 Å². The summed E-state index contributed by atoms with van der Waals surface area (Å²) in [7, 11) is -1.54. The van der Waals surface area contributed by atoms with Gasteiger partial charge in [0.1, 0.15) is 0 Å². The van der Waals surface area contributed by atoms with Gasteiger partial charge in [0.05, 0.1) is 6.61 Å². The van der Waals surface area contributed by atoms with Gasteiger partial charge in [-0.3, -0.25) is 4.57 Å². The lowest BCUT2D eigenvalue weighted by molar-refractivity contribution is 0.253. The maximum atomic E-state index is 12.1. The molecular formula is C43H87O3P. The molecule has 0 rings (SSSR count). The van der Waals surface area contributed by atoms with E-state index < -0.39 is 7.60 Å². The van der Waals surface area contributed by atoms with Gasteiger partial charge in [0, 0.05) is 12.9 Å². The first-order chi connectivity index (χ1) is 23.2. The van der Waals surface area contributed by atoms with Crippen LogP contribution in [0.4, 0.5) is 0 Å². The average molecular weight is 683 g/mol. The van der Waals surface area contributed by atoms with Gasteiger partial charge in [-0.1, -0.05) is 238 Å². The first kappa shape index (κ1) is 46.9. The fourth-order valence-corrected chi connectivity index (χ4v) is 7.97. The zero-order valence-corrected chi connectivity index (χ0v) is 33.6. The van der Waals surface area contributed by atoms with Gasteiger partial charge in [0.2, 0.25) is 0 Å². The van der Waals surface area contributed by atoms with E-state index in [1.165, 1.54) is 232 Å². The Morgan fingerprint density at radius 2 is 0.617 bits per heavy atom. The predicted molar refractivity (Wildman–Crippen MR) is 212 cm³/mol. The van der Waals surface area contributed by atoms with Gasteiger partial charge in [0.25, 0.3) is 0 Å². The first-order valence-corrected chi connectivity index (χ1v) is 23.3. The summed E-state index contributed by atoms with van der Waals surface area (Å²) in [5, 5.41) is 0. The Hall–Kier alpha value is -0.110. The van der Waals surface area contributed by atoms with Gasteiger partial charge in [-0.25, -0.2) is 0 Å². The summed E-state index contributed by atoms with van der Waals surface area (Å²) in [6.07, 6.45) is 54.8. The van der Waals surface area contributed by atoms with E-state index >= 15 is 0 Å². The van der Waals surface area contributed by atoms with Crippen molar-refractivity contribution in [2.75, 3.05) is 13.7 Å². The van der Waals surface area contributed by atoms with Crippen LogP contribution in [-0.4, -0.2) is 13.7 Å². The minimum Gasteiger partial charge on any atom is -0.309 e. The molecule has 47 heavy (non-hydrogen) atoms. The van der Waals surface area contributed by atoms with Crippen LogP contribution >= 0.6 is 7.60 Å². The fourth-order valence-electron chi connectivity index (χ4n) is 6.89. The Morgan fingerprint density at radius 1 is 0.383 bits per heavy atom. The number of unbranched alkanes of at least 4 members (excludes halogenated alkanes) is 36. The van der Waals surface area contributed by atoms with Gasteiger partial charge in [-0.05, 0) is 19.8 Å². The molecule has 0 bridgehead atoms. The van der Waals surface area contributed by atoms with E-state index in [0.717, 1.165) is 12.8 Å².